The van der Waals surface area contributed by atoms with E-state index in [2.05, 4.69) is 53.0 Å². The Kier molecular flexibility index (Phi) is 9.14. The molecule has 0 unspecified atom stereocenters. The number of ketones is 1. The van der Waals surface area contributed by atoms with Gasteiger partial charge < -0.3 is 0 Å². The second-order valence-corrected chi connectivity index (χ2v) is 11.5. The fourth-order valence-electron chi connectivity index (χ4n) is 2.48. The molecule has 0 aromatic rings. The lowest BCUT2D eigenvalue weighted by Gasteiger charge is -2.22. The Morgan fingerprint density at radius 1 is 0.950 bits per heavy atom. The van der Waals surface area contributed by atoms with E-state index in [9.17, 15) is 4.79 Å². The zero-order valence-corrected chi connectivity index (χ0v) is 15.6. The molecule has 0 N–H and O–H groups in total. The molecule has 0 aliphatic rings. The van der Waals surface area contributed by atoms with Gasteiger partial charge >= 0.3 is 0 Å². The molecule has 20 heavy (non-hydrogen) atoms. The van der Waals surface area contributed by atoms with Gasteiger partial charge in [-0.25, -0.2) is 0 Å². The van der Waals surface area contributed by atoms with Crippen LogP contribution in [-0.4, -0.2) is 13.9 Å². The van der Waals surface area contributed by atoms with E-state index >= 15 is 0 Å². The molecule has 116 valence electrons. The third kappa shape index (κ3) is 6.26. The number of carbonyl (C=O) groups excluding carboxylic acids is 1. The van der Waals surface area contributed by atoms with Gasteiger partial charge in [-0.1, -0.05) is 67.2 Å². The van der Waals surface area contributed by atoms with Crippen molar-refractivity contribution in [1.29, 1.82) is 0 Å². The molecular weight excluding hydrogens is 260 g/mol. The summed E-state index contributed by atoms with van der Waals surface area (Å²) >= 11 is 0. The molecule has 0 aliphatic carbocycles. The minimum Gasteiger partial charge on any atom is -0.284 e. The first-order valence-corrected chi connectivity index (χ1v) is 11.1. The van der Waals surface area contributed by atoms with Crippen molar-refractivity contribution >= 4 is 13.9 Å². The summed E-state index contributed by atoms with van der Waals surface area (Å²) in [5, 5.41) is 0. The lowest BCUT2D eigenvalue weighted by Crippen LogP contribution is -2.31. The highest BCUT2D eigenvalue weighted by Crippen LogP contribution is 2.25. The number of Topliss-reactive ketones (excluding diaryl/α,β-unsaturated/α-hetero) is 1. The summed E-state index contributed by atoms with van der Waals surface area (Å²) in [6.07, 6.45) is 5.86. The summed E-state index contributed by atoms with van der Waals surface area (Å²) in [4.78, 5) is 12.4. The number of hydrogen-bond acceptors (Lipinski definition) is 1. The van der Waals surface area contributed by atoms with E-state index in [0.717, 1.165) is 31.0 Å². The molecule has 0 fully saturated rings. The van der Waals surface area contributed by atoms with Crippen LogP contribution in [0, 0.1) is 16.9 Å². The van der Waals surface area contributed by atoms with Crippen LogP contribution in [-0.2, 0) is 4.79 Å². The van der Waals surface area contributed by atoms with Crippen molar-refractivity contribution in [2.45, 2.75) is 91.8 Å². The average molecular weight is 295 g/mol. The molecule has 0 aromatic heterocycles. The second kappa shape index (κ2) is 9.40. The van der Waals surface area contributed by atoms with Crippen molar-refractivity contribution in [2.75, 3.05) is 0 Å². The Hall–Kier alpha value is -0.553. The van der Waals surface area contributed by atoms with Gasteiger partial charge in [-0.3, -0.25) is 4.79 Å². The van der Waals surface area contributed by atoms with Crippen molar-refractivity contribution in [3.05, 3.63) is 0 Å². The summed E-state index contributed by atoms with van der Waals surface area (Å²) in [7, 11) is -1.48. The number of rotatable bonds is 9. The van der Waals surface area contributed by atoms with Crippen LogP contribution in [0.5, 0.6) is 0 Å². The topological polar surface area (TPSA) is 17.1 Å². The Morgan fingerprint density at radius 3 is 1.95 bits per heavy atom. The predicted molar refractivity (Wildman–Crippen MR) is 92.5 cm³/mol. The van der Waals surface area contributed by atoms with E-state index in [-0.39, 0.29) is 11.2 Å². The van der Waals surface area contributed by atoms with Crippen LogP contribution in [0.3, 0.4) is 0 Å². The van der Waals surface area contributed by atoms with E-state index in [1.54, 1.807) is 0 Å². The SMILES string of the molecule is CCCCCCC(C)(C)C(=O)C#C[Si](CC)(CC)CC. The maximum Gasteiger partial charge on any atom is 0.210 e. The van der Waals surface area contributed by atoms with Gasteiger partial charge in [-0.05, 0) is 30.5 Å². The molecule has 0 rings (SSSR count). The van der Waals surface area contributed by atoms with Crippen LogP contribution >= 0.6 is 0 Å². The van der Waals surface area contributed by atoms with E-state index in [1.165, 1.54) is 19.3 Å². The lowest BCUT2D eigenvalue weighted by atomic mass is 9.83. The van der Waals surface area contributed by atoms with E-state index in [0.29, 0.717) is 0 Å². The molecule has 2 heteroatoms. The number of carbonyl (C=O) groups is 1. The predicted octanol–water partition coefficient (Wildman–Crippen LogP) is 5.60. The Balaban J connectivity index is 4.65. The third-order valence-corrected chi connectivity index (χ3v) is 9.46. The second-order valence-electron chi connectivity index (χ2n) is 6.61. The zero-order valence-electron chi connectivity index (χ0n) is 14.6. The van der Waals surface area contributed by atoms with Crippen molar-refractivity contribution in [2.24, 2.45) is 5.41 Å². The molecule has 0 radical (unpaired) electrons. The van der Waals surface area contributed by atoms with Crippen molar-refractivity contribution in [3.8, 4) is 11.5 Å². The molecule has 0 saturated heterocycles. The van der Waals surface area contributed by atoms with Gasteiger partial charge in [0, 0.05) is 5.41 Å². The molecule has 0 aliphatic heterocycles. The highest BCUT2D eigenvalue weighted by atomic mass is 28.3. The third-order valence-electron chi connectivity index (χ3n) is 4.74. The van der Waals surface area contributed by atoms with Crippen LogP contribution in [0.15, 0.2) is 0 Å². The van der Waals surface area contributed by atoms with Crippen molar-refractivity contribution < 1.29 is 4.79 Å². The van der Waals surface area contributed by atoms with E-state index < -0.39 is 8.07 Å². The Bertz CT molecular complexity index is 334. The molecule has 0 saturated carbocycles. The molecule has 0 bridgehead atoms. The average Bonchev–Trinajstić information content (AvgIpc) is 2.45. The minimum absolute atomic E-state index is 0.154. The number of unbranched alkanes of at least 4 members (excludes halogenated alkanes) is 3. The van der Waals surface area contributed by atoms with Gasteiger partial charge in [-0.2, -0.15) is 0 Å². The molecule has 0 spiro atoms. The fourth-order valence-corrected chi connectivity index (χ4v) is 4.89. The summed E-state index contributed by atoms with van der Waals surface area (Å²) in [6, 6.07) is 3.49. The first-order chi connectivity index (χ1) is 9.37. The van der Waals surface area contributed by atoms with Gasteiger partial charge in [0.05, 0.1) is 0 Å². The fraction of sp³-hybridized carbons (Fsp3) is 0.833. The lowest BCUT2D eigenvalue weighted by molar-refractivity contribution is -0.121. The molecular formula is C18H34OSi. The van der Waals surface area contributed by atoms with Gasteiger partial charge in [-0.15, -0.1) is 5.54 Å². The first kappa shape index (κ1) is 19.4. The van der Waals surface area contributed by atoms with E-state index in [4.69, 9.17) is 0 Å². The first-order valence-electron chi connectivity index (χ1n) is 8.45. The quantitative estimate of drug-likeness (QED) is 0.307. The van der Waals surface area contributed by atoms with E-state index in [1.807, 2.05) is 0 Å². The van der Waals surface area contributed by atoms with Crippen LogP contribution in [0.25, 0.3) is 0 Å². The van der Waals surface area contributed by atoms with Crippen LogP contribution < -0.4 is 0 Å². The Labute approximate surface area is 127 Å². The molecule has 1 nitrogen and oxygen atoms in total. The van der Waals surface area contributed by atoms with Crippen LogP contribution in [0.2, 0.25) is 18.1 Å². The zero-order chi connectivity index (χ0) is 15.6. The summed E-state index contributed by atoms with van der Waals surface area (Å²) < 4.78 is 0. The molecule has 0 amide bonds. The largest absolute Gasteiger partial charge is 0.284 e. The summed E-state index contributed by atoms with van der Waals surface area (Å²) in [6.45, 7) is 13.0. The highest BCUT2D eigenvalue weighted by molar-refractivity contribution is 6.87. The minimum atomic E-state index is -1.48. The smallest absolute Gasteiger partial charge is 0.210 e. The van der Waals surface area contributed by atoms with Gasteiger partial charge in [0.15, 0.2) is 0 Å². The van der Waals surface area contributed by atoms with Gasteiger partial charge in [0.2, 0.25) is 5.78 Å². The molecule has 0 aromatic carbocycles. The Morgan fingerprint density at radius 2 is 1.50 bits per heavy atom. The van der Waals surface area contributed by atoms with Crippen LogP contribution in [0.1, 0.15) is 73.6 Å². The van der Waals surface area contributed by atoms with Crippen LogP contribution in [0.4, 0.5) is 0 Å². The summed E-state index contributed by atoms with van der Waals surface area (Å²) in [5.74, 6) is 3.18. The maximum absolute atomic E-state index is 12.4. The summed E-state index contributed by atoms with van der Waals surface area (Å²) in [5.41, 5.74) is 3.16. The normalized spacial score (nSPS) is 11.9. The highest BCUT2D eigenvalue weighted by Gasteiger charge is 2.28. The van der Waals surface area contributed by atoms with Crippen molar-refractivity contribution in [1.82, 2.24) is 0 Å². The van der Waals surface area contributed by atoms with Gasteiger partial charge in [0.25, 0.3) is 0 Å². The monoisotopic (exact) mass is 294 g/mol. The molecule has 0 heterocycles. The number of hydrogen-bond donors (Lipinski definition) is 0. The molecule has 0 atom stereocenters. The maximum atomic E-state index is 12.4. The van der Waals surface area contributed by atoms with Gasteiger partial charge in [0.1, 0.15) is 8.07 Å². The van der Waals surface area contributed by atoms with Crippen molar-refractivity contribution in [3.63, 3.8) is 0 Å². The standard InChI is InChI=1S/C18H34OSi/c1-7-11-12-13-15-18(5,6)17(19)14-16-20(8-2,9-3)10-4/h7-13,15H2,1-6H3.